The van der Waals surface area contributed by atoms with Gasteiger partial charge in [0.15, 0.2) is 11.2 Å². The molecule has 3 aromatic heterocycles. The smallest absolute Gasteiger partial charge is 0.263 e. The Morgan fingerprint density at radius 1 is 0.684 bits per heavy atom. The van der Waals surface area contributed by atoms with E-state index < -0.39 is 0 Å². The summed E-state index contributed by atoms with van der Waals surface area (Å²) in [5.74, 6) is 0. The molecule has 0 fully saturated rings. The summed E-state index contributed by atoms with van der Waals surface area (Å²) < 4.78 is 14.0. The van der Waals surface area contributed by atoms with E-state index in [2.05, 4.69) is 45.8 Å². The maximum atomic E-state index is 5.95. The Balaban J connectivity index is 1.25. The maximum Gasteiger partial charge on any atom is 0.263 e. The SMILES string of the molecule is Cn1c(Sc2nc3ccccc3o2)ccc1C(=C1C=CC(Sc2nc3ccccc3o2)=N1)c1ccccc1. The van der Waals surface area contributed by atoms with Crippen LogP contribution in [0, 0.1) is 0 Å². The molecule has 0 spiro atoms. The van der Waals surface area contributed by atoms with E-state index in [1.54, 1.807) is 0 Å². The number of para-hydroxylation sites is 4. The number of fused-ring (bicyclic) bond motifs is 2. The Morgan fingerprint density at radius 3 is 2.00 bits per heavy atom. The topological polar surface area (TPSA) is 69.3 Å². The zero-order chi connectivity index (χ0) is 25.5. The highest BCUT2D eigenvalue weighted by molar-refractivity contribution is 8.14. The fourth-order valence-corrected chi connectivity index (χ4v) is 5.95. The van der Waals surface area contributed by atoms with Crippen molar-refractivity contribution in [1.29, 1.82) is 0 Å². The molecule has 0 atom stereocenters. The first-order valence-electron chi connectivity index (χ1n) is 12.0. The molecule has 184 valence electrons. The highest BCUT2D eigenvalue weighted by atomic mass is 32.2. The van der Waals surface area contributed by atoms with E-state index in [1.807, 2.05) is 78.9 Å². The second-order valence-corrected chi connectivity index (χ2v) is 10.6. The van der Waals surface area contributed by atoms with Gasteiger partial charge in [0.2, 0.25) is 0 Å². The van der Waals surface area contributed by atoms with Crippen molar-refractivity contribution in [3.05, 3.63) is 120 Å². The average Bonchev–Trinajstić information content (AvgIpc) is 3.73. The van der Waals surface area contributed by atoms with Gasteiger partial charge in [-0.1, -0.05) is 54.6 Å². The monoisotopic (exact) mass is 532 g/mol. The van der Waals surface area contributed by atoms with E-state index in [4.69, 9.17) is 13.8 Å². The standard InChI is InChI=1S/C30H20N4O2S2/c1-34-23(16-18-27(34)38-30-33-21-12-6-8-14-25(21)36-30)28(19-9-3-2-4-10-19)22-15-17-26(31-22)37-29-32-20-11-5-7-13-24(20)35-29/h2-18H,1H3. The molecule has 1 aliphatic heterocycles. The molecule has 3 aromatic carbocycles. The van der Waals surface area contributed by atoms with Crippen molar-refractivity contribution in [1.82, 2.24) is 14.5 Å². The second kappa shape index (κ2) is 9.55. The van der Waals surface area contributed by atoms with Crippen LogP contribution in [0.3, 0.4) is 0 Å². The van der Waals surface area contributed by atoms with Crippen molar-refractivity contribution in [3.63, 3.8) is 0 Å². The number of benzene rings is 3. The summed E-state index contributed by atoms with van der Waals surface area (Å²) in [4.78, 5) is 14.2. The lowest BCUT2D eigenvalue weighted by Crippen LogP contribution is -2.00. The van der Waals surface area contributed by atoms with Gasteiger partial charge in [0.25, 0.3) is 10.4 Å². The van der Waals surface area contributed by atoms with Crippen LogP contribution in [0.4, 0.5) is 0 Å². The third-order valence-electron chi connectivity index (χ3n) is 6.20. The number of nitrogens with zero attached hydrogens (tertiary/aromatic N) is 4. The molecule has 0 amide bonds. The van der Waals surface area contributed by atoms with E-state index in [0.717, 1.165) is 54.8 Å². The third-order valence-corrected chi connectivity index (χ3v) is 7.95. The fraction of sp³-hybridized carbons (Fsp3) is 0.0333. The maximum absolute atomic E-state index is 5.95. The molecule has 0 bridgehead atoms. The van der Waals surface area contributed by atoms with Crippen LogP contribution in [0.5, 0.6) is 0 Å². The Kier molecular flexibility index (Phi) is 5.76. The molecule has 0 saturated carbocycles. The quantitative estimate of drug-likeness (QED) is 0.224. The first-order chi connectivity index (χ1) is 18.7. The molecule has 8 heteroatoms. The number of rotatable bonds is 5. The summed E-state index contributed by atoms with van der Waals surface area (Å²) in [6, 6.07) is 30.1. The number of hydrogen-bond donors (Lipinski definition) is 0. The normalized spacial score (nSPS) is 14.5. The number of aliphatic imine (C=N–C) groups is 1. The largest absolute Gasteiger partial charge is 0.431 e. The van der Waals surface area contributed by atoms with Crippen LogP contribution in [-0.4, -0.2) is 19.6 Å². The Hall–Kier alpha value is -4.27. The van der Waals surface area contributed by atoms with E-state index >= 15 is 0 Å². The molecular weight excluding hydrogens is 512 g/mol. The molecule has 0 N–H and O–H groups in total. The molecule has 0 saturated heterocycles. The number of aromatic nitrogens is 3. The summed E-state index contributed by atoms with van der Waals surface area (Å²) in [6.45, 7) is 0. The molecular formula is C30H20N4O2S2. The fourth-order valence-electron chi connectivity index (χ4n) is 4.39. The third kappa shape index (κ3) is 4.27. The molecule has 38 heavy (non-hydrogen) atoms. The zero-order valence-corrected chi connectivity index (χ0v) is 21.9. The summed E-state index contributed by atoms with van der Waals surface area (Å²) in [5.41, 5.74) is 7.31. The van der Waals surface area contributed by atoms with Crippen molar-refractivity contribution >= 4 is 56.3 Å². The minimum absolute atomic E-state index is 0.577. The highest BCUT2D eigenvalue weighted by Crippen LogP contribution is 2.37. The lowest BCUT2D eigenvalue weighted by molar-refractivity contribution is 0.488. The van der Waals surface area contributed by atoms with Gasteiger partial charge in [-0.2, -0.15) is 0 Å². The van der Waals surface area contributed by atoms with E-state index in [0.29, 0.717) is 10.4 Å². The molecule has 7 rings (SSSR count). The number of allylic oxidation sites excluding steroid dienone is 1. The summed E-state index contributed by atoms with van der Waals surface area (Å²) in [5, 5.41) is 3.04. The number of thioether (sulfide) groups is 1. The number of oxazole rings is 2. The number of hydrogen-bond acceptors (Lipinski definition) is 7. The summed E-state index contributed by atoms with van der Waals surface area (Å²) in [7, 11) is 2.06. The predicted octanol–water partition coefficient (Wildman–Crippen LogP) is 7.98. The summed E-state index contributed by atoms with van der Waals surface area (Å²) in [6.07, 6.45) is 4.06. The molecule has 4 heterocycles. The molecule has 1 aliphatic rings. The van der Waals surface area contributed by atoms with Crippen molar-refractivity contribution < 1.29 is 8.83 Å². The lowest BCUT2D eigenvalue weighted by atomic mass is 10.0. The Labute approximate surface area is 226 Å². The molecule has 6 aromatic rings. The minimum Gasteiger partial charge on any atom is -0.431 e. The highest BCUT2D eigenvalue weighted by Gasteiger charge is 2.20. The van der Waals surface area contributed by atoms with Gasteiger partial charge in [0.05, 0.1) is 16.4 Å². The zero-order valence-electron chi connectivity index (χ0n) is 20.2. The van der Waals surface area contributed by atoms with Crippen molar-refractivity contribution in [3.8, 4) is 0 Å². The van der Waals surface area contributed by atoms with E-state index in [-0.39, 0.29) is 0 Å². The summed E-state index contributed by atoms with van der Waals surface area (Å²) >= 11 is 2.93. The van der Waals surface area contributed by atoms with Gasteiger partial charge < -0.3 is 13.4 Å². The van der Waals surface area contributed by atoms with Crippen LogP contribution in [-0.2, 0) is 7.05 Å². The first kappa shape index (κ1) is 22.9. The van der Waals surface area contributed by atoms with Crippen LogP contribution in [0.1, 0.15) is 11.3 Å². The van der Waals surface area contributed by atoms with Gasteiger partial charge in [0, 0.05) is 12.6 Å². The minimum atomic E-state index is 0.577. The lowest BCUT2D eigenvalue weighted by Gasteiger charge is -2.12. The van der Waals surface area contributed by atoms with Gasteiger partial charge in [-0.05, 0) is 77.6 Å². The van der Waals surface area contributed by atoms with Gasteiger partial charge in [-0.15, -0.1) is 0 Å². The van der Waals surface area contributed by atoms with Crippen molar-refractivity contribution in [2.75, 3.05) is 0 Å². The van der Waals surface area contributed by atoms with Crippen LogP contribution in [0.2, 0.25) is 0 Å². The Bertz CT molecular complexity index is 1830. The average molecular weight is 533 g/mol. The molecule has 0 unspecified atom stereocenters. The van der Waals surface area contributed by atoms with Crippen LogP contribution in [0.25, 0.3) is 27.8 Å². The van der Waals surface area contributed by atoms with Gasteiger partial charge >= 0.3 is 0 Å². The van der Waals surface area contributed by atoms with Crippen LogP contribution >= 0.6 is 23.5 Å². The second-order valence-electron chi connectivity index (χ2n) is 8.62. The van der Waals surface area contributed by atoms with E-state index in [1.165, 1.54) is 23.5 Å². The van der Waals surface area contributed by atoms with Gasteiger partial charge in [0.1, 0.15) is 16.1 Å². The predicted molar refractivity (Wildman–Crippen MR) is 152 cm³/mol. The molecule has 0 aliphatic carbocycles. The van der Waals surface area contributed by atoms with Crippen LogP contribution in [0.15, 0.2) is 138 Å². The molecule has 6 nitrogen and oxygen atoms in total. The van der Waals surface area contributed by atoms with Crippen molar-refractivity contribution in [2.24, 2.45) is 12.0 Å². The molecule has 0 radical (unpaired) electrons. The van der Waals surface area contributed by atoms with Gasteiger partial charge in [-0.25, -0.2) is 15.0 Å². The van der Waals surface area contributed by atoms with E-state index in [9.17, 15) is 0 Å². The Morgan fingerprint density at radius 2 is 1.32 bits per heavy atom. The van der Waals surface area contributed by atoms with Gasteiger partial charge in [-0.3, -0.25) is 0 Å². The first-order valence-corrected chi connectivity index (χ1v) is 13.6. The van der Waals surface area contributed by atoms with Crippen molar-refractivity contribution in [2.45, 2.75) is 15.5 Å². The van der Waals surface area contributed by atoms with Crippen LogP contribution < -0.4 is 0 Å².